The van der Waals surface area contributed by atoms with Crippen molar-refractivity contribution in [1.82, 2.24) is 14.7 Å². The highest BCUT2D eigenvalue weighted by Crippen LogP contribution is 2.64. The third kappa shape index (κ3) is 2.58. The van der Waals surface area contributed by atoms with E-state index in [9.17, 15) is 19.6 Å². The highest BCUT2D eigenvalue weighted by molar-refractivity contribution is 6.07. The number of hydrogen-bond acceptors (Lipinski definition) is 6. The maximum Gasteiger partial charge on any atom is 0.327 e. The zero-order chi connectivity index (χ0) is 23.9. The number of rotatable bonds is 5. The minimum absolute atomic E-state index is 0.0155. The van der Waals surface area contributed by atoms with Crippen LogP contribution >= 0.6 is 0 Å². The monoisotopic (exact) mass is 466 g/mol. The summed E-state index contributed by atoms with van der Waals surface area (Å²) in [4.78, 5) is 45.6. The van der Waals surface area contributed by atoms with Crippen molar-refractivity contribution in [3.05, 3.63) is 34.2 Å². The van der Waals surface area contributed by atoms with Gasteiger partial charge in [-0.25, -0.2) is 4.79 Å². The first kappa shape index (κ1) is 22.0. The number of imide groups is 1. The predicted octanol–water partition coefficient (Wildman–Crippen LogP) is 3.40. The van der Waals surface area contributed by atoms with Gasteiger partial charge in [0.1, 0.15) is 16.8 Å². The van der Waals surface area contributed by atoms with Crippen LogP contribution in [0, 0.1) is 10.8 Å². The van der Waals surface area contributed by atoms with Crippen LogP contribution in [0.25, 0.3) is 0 Å². The van der Waals surface area contributed by atoms with Crippen LogP contribution in [-0.2, 0) is 16.6 Å². The molecular formula is C26H34N4O4. The maximum atomic E-state index is 13.8. The van der Waals surface area contributed by atoms with Gasteiger partial charge < -0.3 is 10.0 Å². The molecule has 2 bridgehead atoms. The number of amides is 3. The van der Waals surface area contributed by atoms with Gasteiger partial charge in [-0.05, 0) is 94.5 Å². The number of nitroso groups, excluding NO2 is 1. The van der Waals surface area contributed by atoms with E-state index >= 15 is 0 Å². The lowest BCUT2D eigenvalue weighted by Gasteiger charge is -2.65. The third-order valence-electron chi connectivity index (χ3n) is 9.79. The van der Waals surface area contributed by atoms with Crippen LogP contribution in [-0.4, -0.2) is 75.0 Å². The van der Waals surface area contributed by atoms with Crippen LogP contribution in [0.5, 0.6) is 5.75 Å². The summed E-state index contributed by atoms with van der Waals surface area (Å²) >= 11 is 0. The van der Waals surface area contributed by atoms with Gasteiger partial charge in [0.15, 0.2) is 0 Å². The van der Waals surface area contributed by atoms with E-state index < -0.39 is 16.5 Å². The molecule has 4 fully saturated rings. The number of urea groups is 1. The Balaban J connectivity index is 1.53. The molecule has 1 spiro atoms. The van der Waals surface area contributed by atoms with Crippen LogP contribution in [0.15, 0.2) is 23.4 Å². The summed E-state index contributed by atoms with van der Waals surface area (Å²) in [6, 6.07) is 5.26. The van der Waals surface area contributed by atoms with Crippen LogP contribution in [0.3, 0.4) is 0 Å². The molecule has 2 aliphatic heterocycles. The molecular weight excluding hydrogens is 432 g/mol. The van der Waals surface area contributed by atoms with Crippen molar-refractivity contribution in [2.24, 2.45) is 11.1 Å². The zero-order valence-corrected chi connectivity index (χ0v) is 20.1. The molecule has 4 atom stereocenters. The van der Waals surface area contributed by atoms with Crippen LogP contribution < -0.4 is 0 Å². The second kappa shape index (κ2) is 7.26. The van der Waals surface area contributed by atoms with E-state index in [1.165, 1.54) is 17.7 Å². The second-order valence-corrected chi connectivity index (χ2v) is 11.1. The van der Waals surface area contributed by atoms with E-state index in [1.54, 1.807) is 17.0 Å². The van der Waals surface area contributed by atoms with E-state index in [2.05, 4.69) is 10.1 Å². The number of fused-ring (bicyclic) bond motifs is 1. The van der Waals surface area contributed by atoms with Gasteiger partial charge in [0.2, 0.25) is 0 Å². The minimum Gasteiger partial charge on any atom is -0.508 e. The molecule has 6 rings (SSSR count). The number of carbonyl (C=O) groups excluding carboxylic acids is 2. The van der Waals surface area contributed by atoms with Gasteiger partial charge in [-0.2, -0.15) is 4.91 Å². The number of likely N-dealkylation sites (tertiary alicyclic amines) is 1. The Bertz CT molecular complexity index is 1070. The Kier molecular flexibility index (Phi) is 4.70. The van der Waals surface area contributed by atoms with Crippen molar-refractivity contribution >= 4 is 11.9 Å². The van der Waals surface area contributed by atoms with E-state index in [1.807, 2.05) is 19.9 Å². The number of benzene rings is 1. The normalized spacial score (nSPS) is 37.2. The summed E-state index contributed by atoms with van der Waals surface area (Å²) in [6.07, 6.45) is 5.25. The fourth-order valence-electron chi connectivity index (χ4n) is 8.07. The van der Waals surface area contributed by atoms with Crippen LogP contribution in [0.2, 0.25) is 0 Å². The van der Waals surface area contributed by atoms with Crippen LogP contribution in [0.1, 0.15) is 63.5 Å². The maximum absolute atomic E-state index is 13.8. The van der Waals surface area contributed by atoms with E-state index in [0.29, 0.717) is 44.7 Å². The smallest absolute Gasteiger partial charge is 0.327 e. The molecule has 2 saturated heterocycles. The summed E-state index contributed by atoms with van der Waals surface area (Å²) in [7, 11) is 0. The number of hydrogen-bond donors (Lipinski definition) is 1. The third-order valence-corrected chi connectivity index (χ3v) is 9.79. The SMILES string of the molecule is CCN1C(=O)N(CC)[C@]2(CC[C@@]3(N=O)[C@H]4Cc5ccc(O)cc5[C@@]3(CCN4CC3CC3)C2)C1=O. The van der Waals surface area contributed by atoms with Gasteiger partial charge >= 0.3 is 6.03 Å². The first-order valence-corrected chi connectivity index (χ1v) is 12.9. The van der Waals surface area contributed by atoms with Gasteiger partial charge in [0.05, 0.1) is 0 Å². The number of nitrogens with zero attached hydrogens (tertiary/aromatic N) is 4. The average Bonchev–Trinajstić information content (AvgIpc) is 3.63. The van der Waals surface area contributed by atoms with Gasteiger partial charge in [0.25, 0.3) is 5.91 Å². The van der Waals surface area contributed by atoms with Gasteiger partial charge in [-0.1, -0.05) is 11.2 Å². The van der Waals surface area contributed by atoms with Gasteiger partial charge in [-0.3, -0.25) is 14.6 Å². The molecule has 2 heterocycles. The average molecular weight is 467 g/mol. The molecule has 1 aromatic rings. The minimum atomic E-state index is -0.959. The highest BCUT2D eigenvalue weighted by Gasteiger charge is 2.73. The van der Waals surface area contributed by atoms with Crippen molar-refractivity contribution in [1.29, 1.82) is 0 Å². The zero-order valence-electron chi connectivity index (χ0n) is 20.1. The molecule has 8 nitrogen and oxygen atoms in total. The summed E-state index contributed by atoms with van der Waals surface area (Å²) in [5.41, 5.74) is -0.420. The molecule has 5 aliphatic rings. The lowest BCUT2D eigenvalue weighted by Crippen LogP contribution is -2.75. The fourth-order valence-corrected chi connectivity index (χ4v) is 8.07. The van der Waals surface area contributed by atoms with Crippen molar-refractivity contribution in [3.8, 4) is 5.75 Å². The van der Waals surface area contributed by atoms with Gasteiger partial charge in [0, 0.05) is 31.1 Å². The number of phenolic OH excluding ortho intramolecular Hbond substituents is 1. The molecule has 8 heteroatoms. The molecule has 3 amide bonds. The number of carbonyl (C=O) groups is 2. The first-order chi connectivity index (χ1) is 16.4. The molecule has 0 unspecified atom stereocenters. The number of phenols is 1. The van der Waals surface area contributed by atoms with E-state index in [-0.39, 0.29) is 23.7 Å². The van der Waals surface area contributed by atoms with Crippen molar-refractivity contribution in [3.63, 3.8) is 0 Å². The Morgan fingerprint density at radius 2 is 1.91 bits per heavy atom. The standard InChI is InChI=1S/C26H34N4O4/c1-3-29-22(32)25(30(4-2)23(29)33)9-10-26(27-34)21-13-18-7-8-19(31)14-20(18)24(26,16-25)11-12-28(21)15-17-5-6-17/h7-8,14,17,21,31H,3-6,9-13,15-16H2,1-2H3/t21-,24-,25+,26-/m1/s1. The number of likely N-dealkylation sites (N-methyl/N-ethyl adjacent to an activating group) is 2. The molecule has 0 radical (unpaired) electrons. The summed E-state index contributed by atoms with van der Waals surface area (Å²) in [6.45, 7) is 6.39. The van der Waals surface area contributed by atoms with E-state index in [4.69, 9.17) is 0 Å². The molecule has 3 aliphatic carbocycles. The first-order valence-electron chi connectivity index (χ1n) is 12.9. The molecule has 0 aromatic heterocycles. The predicted molar refractivity (Wildman–Crippen MR) is 126 cm³/mol. The lowest BCUT2D eigenvalue weighted by molar-refractivity contribution is -0.141. The van der Waals surface area contributed by atoms with Crippen LogP contribution in [0.4, 0.5) is 4.79 Å². The number of piperidine rings is 1. The Hall–Kier alpha value is -2.48. The number of aromatic hydroxyl groups is 1. The van der Waals surface area contributed by atoms with E-state index in [0.717, 1.165) is 30.6 Å². The summed E-state index contributed by atoms with van der Waals surface area (Å²) in [5, 5.41) is 14.4. The summed E-state index contributed by atoms with van der Waals surface area (Å²) in [5.74, 6) is 0.734. The quantitative estimate of drug-likeness (QED) is 0.530. The molecule has 2 saturated carbocycles. The largest absolute Gasteiger partial charge is 0.508 e. The lowest BCUT2D eigenvalue weighted by atomic mass is 9.45. The molecule has 1 N–H and O–H groups in total. The van der Waals surface area contributed by atoms with Gasteiger partial charge in [-0.15, -0.1) is 0 Å². The molecule has 1 aromatic carbocycles. The molecule has 34 heavy (non-hydrogen) atoms. The van der Waals surface area contributed by atoms with Crippen molar-refractivity contribution < 1.29 is 14.7 Å². The van der Waals surface area contributed by atoms with Crippen molar-refractivity contribution in [2.45, 2.75) is 81.3 Å². The topological polar surface area (TPSA) is 93.5 Å². The Labute approximate surface area is 200 Å². The molecule has 182 valence electrons. The van der Waals surface area contributed by atoms with Crippen molar-refractivity contribution in [2.75, 3.05) is 26.2 Å². The fraction of sp³-hybridized carbons (Fsp3) is 0.692. The Morgan fingerprint density at radius 3 is 2.59 bits per heavy atom. The highest BCUT2D eigenvalue weighted by atomic mass is 16.3. The second-order valence-electron chi connectivity index (χ2n) is 11.1. The summed E-state index contributed by atoms with van der Waals surface area (Å²) < 4.78 is 0. The Morgan fingerprint density at radius 1 is 1.12 bits per heavy atom.